The molecule has 154 valence electrons. The maximum Gasteiger partial charge on any atom is 0.247 e. The fraction of sp³-hybridized carbons (Fsp3) is 0.333. The van der Waals surface area contributed by atoms with Crippen LogP contribution in [0.3, 0.4) is 0 Å². The van der Waals surface area contributed by atoms with Gasteiger partial charge in [-0.2, -0.15) is 0 Å². The molecule has 0 aliphatic heterocycles. The van der Waals surface area contributed by atoms with E-state index in [1.165, 1.54) is 5.56 Å². The van der Waals surface area contributed by atoms with E-state index in [0.717, 1.165) is 27.9 Å². The molecule has 0 heterocycles. The first-order valence-electron chi connectivity index (χ1n) is 9.85. The number of carbonyl (C=O) groups is 2. The molecule has 29 heavy (non-hydrogen) atoms. The normalized spacial score (nSPS) is 12.6. The summed E-state index contributed by atoms with van der Waals surface area (Å²) >= 11 is 0. The van der Waals surface area contributed by atoms with Crippen molar-refractivity contribution in [2.24, 2.45) is 5.73 Å². The van der Waals surface area contributed by atoms with Crippen molar-refractivity contribution in [3.05, 3.63) is 58.7 Å². The average molecular weight is 394 g/mol. The smallest absolute Gasteiger partial charge is 0.247 e. The number of primary amides is 1. The highest BCUT2D eigenvalue weighted by atomic mass is 16.2. The largest absolute Gasteiger partial charge is 0.383 e. The molecule has 5 nitrogen and oxygen atoms in total. The molecule has 2 amide bonds. The number of hydrogen-bond acceptors (Lipinski definition) is 3. The summed E-state index contributed by atoms with van der Waals surface area (Å²) < 4.78 is 0. The summed E-state index contributed by atoms with van der Waals surface area (Å²) in [5, 5.41) is 6.00. The quantitative estimate of drug-likeness (QED) is 0.617. The molecular weight excluding hydrogens is 362 g/mol. The lowest BCUT2D eigenvalue weighted by Crippen LogP contribution is -2.42. The van der Waals surface area contributed by atoms with Crippen molar-refractivity contribution < 1.29 is 9.59 Å². The Morgan fingerprint density at radius 1 is 1.00 bits per heavy atom. The van der Waals surface area contributed by atoms with Crippen molar-refractivity contribution in [3.63, 3.8) is 0 Å². The number of nitrogens with one attached hydrogen (secondary N) is 2. The Balaban J connectivity index is 2.27. The first-order chi connectivity index (χ1) is 13.6. The highest BCUT2D eigenvalue weighted by Crippen LogP contribution is 2.28. The Kier molecular flexibility index (Phi) is 7.21. The van der Waals surface area contributed by atoms with E-state index in [1.54, 1.807) is 13.8 Å². The molecule has 2 rings (SSSR count). The third kappa shape index (κ3) is 5.95. The SMILES string of the molecule is C/C(=C\c1cc(C)c(-c2ccc(NC(C)C)cc2)cc1C)C(=O)N[C@@H](C)C(N)=O. The summed E-state index contributed by atoms with van der Waals surface area (Å²) in [6.07, 6.45) is 1.84. The molecule has 2 aromatic rings. The second-order valence-corrected chi connectivity index (χ2v) is 7.82. The van der Waals surface area contributed by atoms with Crippen molar-refractivity contribution in [3.8, 4) is 11.1 Å². The molecule has 0 fully saturated rings. The van der Waals surface area contributed by atoms with Gasteiger partial charge in [0.25, 0.3) is 0 Å². The maximum absolute atomic E-state index is 12.3. The molecule has 5 heteroatoms. The van der Waals surface area contributed by atoms with E-state index in [1.807, 2.05) is 13.0 Å². The molecule has 1 atom stereocenters. The lowest BCUT2D eigenvalue weighted by molar-refractivity contribution is -0.124. The zero-order chi connectivity index (χ0) is 21.7. The van der Waals surface area contributed by atoms with Crippen molar-refractivity contribution in [1.82, 2.24) is 5.32 Å². The zero-order valence-electron chi connectivity index (χ0n) is 18.1. The van der Waals surface area contributed by atoms with Gasteiger partial charge in [-0.15, -0.1) is 0 Å². The zero-order valence-corrected chi connectivity index (χ0v) is 18.1. The van der Waals surface area contributed by atoms with Crippen molar-refractivity contribution in [1.29, 1.82) is 0 Å². The highest BCUT2D eigenvalue weighted by molar-refractivity contribution is 5.99. The molecular formula is C24H31N3O2. The van der Waals surface area contributed by atoms with E-state index in [4.69, 9.17) is 5.73 Å². The van der Waals surface area contributed by atoms with Crippen molar-refractivity contribution in [2.45, 2.75) is 53.6 Å². The number of aryl methyl sites for hydroxylation is 2. The average Bonchev–Trinajstić information content (AvgIpc) is 2.64. The number of nitrogens with two attached hydrogens (primary N) is 1. The minimum Gasteiger partial charge on any atom is -0.383 e. The number of benzene rings is 2. The van der Waals surface area contributed by atoms with E-state index < -0.39 is 11.9 Å². The fourth-order valence-corrected chi connectivity index (χ4v) is 3.06. The number of rotatable bonds is 7. The van der Waals surface area contributed by atoms with E-state index in [9.17, 15) is 9.59 Å². The van der Waals surface area contributed by atoms with Crippen LogP contribution in [-0.4, -0.2) is 23.9 Å². The second kappa shape index (κ2) is 9.41. The second-order valence-electron chi connectivity index (χ2n) is 7.82. The lowest BCUT2D eigenvalue weighted by atomic mass is 9.94. The van der Waals surface area contributed by atoms with Crippen LogP contribution in [-0.2, 0) is 9.59 Å². The number of hydrogen-bond donors (Lipinski definition) is 3. The van der Waals surface area contributed by atoms with Gasteiger partial charge in [-0.3, -0.25) is 9.59 Å². The van der Waals surface area contributed by atoms with Crippen LogP contribution in [0.1, 0.15) is 44.4 Å². The first-order valence-corrected chi connectivity index (χ1v) is 9.85. The molecule has 0 saturated carbocycles. The van der Waals surface area contributed by atoms with Crippen LogP contribution in [0.4, 0.5) is 5.69 Å². The van der Waals surface area contributed by atoms with Gasteiger partial charge in [0, 0.05) is 17.3 Å². The highest BCUT2D eigenvalue weighted by Gasteiger charge is 2.14. The van der Waals surface area contributed by atoms with Gasteiger partial charge in [0.1, 0.15) is 6.04 Å². The molecule has 0 unspecified atom stereocenters. The van der Waals surface area contributed by atoms with E-state index >= 15 is 0 Å². The van der Waals surface area contributed by atoms with Gasteiger partial charge >= 0.3 is 0 Å². The molecule has 0 aliphatic carbocycles. The van der Waals surface area contributed by atoms with Crippen molar-refractivity contribution >= 4 is 23.6 Å². The molecule has 0 bridgehead atoms. The summed E-state index contributed by atoms with van der Waals surface area (Å²) in [5.41, 5.74) is 12.3. The molecule has 0 saturated heterocycles. The van der Waals surface area contributed by atoms with Gasteiger partial charge in [-0.25, -0.2) is 0 Å². The maximum atomic E-state index is 12.3. The van der Waals surface area contributed by atoms with Crippen LogP contribution < -0.4 is 16.4 Å². The van der Waals surface area contributed by atoms with Crippen molar-refractivity contribution in [2.75, 3.05) is 5.32 Å². The Morgan fingerprint density at radius 3 is 2.17 bits per heavy atom. The molecule has 2 aromatic carbocycles. The first kappa shape index (κ1) is 22.2. The Morgan fingerprint density at radius 2 is 1.62 bits per heavy atom. The van der Waals surface area contributed by atoms with Crippen LogP contribution in [0.5, 0.6) is 0 Å². The summed E-state index contributed by atoms with van der Waals surface area (Å²) in [6, 6.07) is 12.3. The summed E-state index contributed by atoms with van der Waals surface area (Å²) in [5.74, 6) is -0.859. The predicted octanol–water partition coefficient (Wildman–Crippen LogP) is 4.18. The monoisotopic (exact) mass is 393 g/mol. The number of anilines is 1. The van der Waals surface area contributed by atoms with Gasteiger partial charge in [-0.1, -0.05) is 24.3 Å². The van der Waals surface area contributed by atoms with Crippen LogP contribution >= 0.6 is 0 Å². The summed E-state index contributed by atoms with van der Waals surface area (Å²) in [4.78, 5) is 23.4. The Hall–Kier alpha value is -3.08. The van der Waals surface area contributed by atoms with Crippen LogP contribution in [0.25, 0.3) is 17.2 Å². The van der Waals surface area contributed by atoms with Crippen LogP contribution in [0, 0.1) is 13.8 Å². The fourth-order valence-electron chi connectivity index (χ4n) is 3.06. The van der Waals surface area contributed by atoms with Crippen LogP contribution in [0.15, 0.2) is 42.0 Å². The minimum absolute atomic E-state index is 0.300. The summed E-state index contributed by atoms with van der Waals surface area (Å²) in [7, 11) is 0. The van der Waals surface area contributed by atoms with E-state index in [0.29, 0.717) is 11.6 Å². The van der Waals surface area contributed by atoms with Gasteiger partial charge < -0.3 is 16.4 Å². The van der Waals surface area contributed by atoms with E-state index in [-0.39, 0.29) is 5.91 Å². The standard InChI is InChI=1S/C24H31N3O2/c1-14(2)26-21-9-7-19(8-10-21)22-13-15(3)20(11-16(22)4)12-17(5)24(29)27-18(6)23(25)28/h7-14,18,26H,1-6H3,(H2,25,28)(H,27,29)/b17-12+/t18-/m0/s1. The van der Waals surface area contributed by atoms with Gasteiger partial charge in [0.2, 0.25) is 11.8 Å². The molecule has 0 radical (unpaired) electrons. The third-order valence-electron chi connectivity index (χ3n) is 4.77. The van der Waals surface area contributed by atoms with Gasteiger partial charge in [-0.05, 0) is 87.6 Å². The molecule has 0 aromatic heterocycles. The topological polar surface area (TPSA) is 84.2 Å². The molecule has 0 aliphatic rings. The number of carbonyl (C=O) groups excluding carboxylic acids is 2. The summed E-state index contributed by atoms with van der Waals surface area (Å²) in [6.45, 7) is 11.6. The Labute approximate surface area is 173 Å². The predicted molar refractivity (Wildman–Crippen MR) is 121 cm³/mol. The van der Waals surface area contributed by atoms with Gasteiger partial charge in [0.15, 0.2) is 0 Å². The lowest BCUT2D eigenvalue weighted by Gasteiger charge is -2.14. The minimum atomic E-state index is -0.704. The molecule has 4 N–H and O–H groups in total. The Bertz CT molecular complexity index is 928. The van der Waals surface area contributed by atoms with E-state index in [2.05, 4.69) is 67.8 Å². The number of amides is 2. The van der Waals surface area contributed by atoms with Gasteiger partial charge in [0.05, 0.1) is 0 Å². The molecule has 0 spiro atoms. The van der Waals surface area contributed by atoms with Crippen LogP contribution in [0.2, 0.25) is 0 Å². The third-order valence-corrected chi connectivity index (χ3v) is 4.77.